The van der Waals surface area contributed by atoms with E-state index in [0.717, 1.165) is 19.3 Å². The van der Waals surface area contributed by atoms with Crippen LogP contribution in [0.1, 0.15) is 49.4 Å². The molecule has 0 bridgehead atoms. The molecule has 0 radical (unpaired) electrons. The van der Waals surface area contributed by atoms with Crippen LogP contribution in [0.3, 0.4) is 0 Å². The Labute approximate surface area is 136 Å². The number of ketones is 1. The summed E-state index contributed by atoms with van der Waals surface area (Å²) >= 11 is 0. The summed E-state index contributed by atoms with van der Waals surface area (Å²) in [5.74, 6) is 0.459. The fraction of sp³-hybridized carbons (Fsp3) is 0.556. The molecule has 2 fully saturated rings. The number of benzene rings is 1. The Hall–Kier alpha value is -1.88. The van der Waals surface area contributed by atoms with Crippen molar-refractivity contribution in [2.45, 2.75) is 50.7 Å². The maximum atomic E-state index is 12.0. The molecule has 1 aliphatic heterocycles. The minimum Gasteiger partial charge on any atom is -0.484 e. The number of amides is 1. The van der Waals surface area contributed by atoms with Crippen LogP contribution in [0, 0.1) is 0 Å². The lowest BCUT2D eigenvalue weighted by molar-refractivity contribution is -0.123. The van der Waals surface area contributed by atoms with Gasteiger partial charge in [0.05, 0.1) is 18.2 Å². The molecule has 1 spiro atoms. The molecule has 3 rings (SSSR count). The monoisotopic (exact) mass is 317 g/mol. The number of carbonyl (C=O) groups excluding carboxylic acids is 2. The molecule has 1 N–H and O–H groups in total. The van der Waals surface area contributed by atoms with Gasteiger partial charge in [0.25, 0.3) is 5.91 Å². The number of nitrogens with one attached hydrogen (secondary N) is 1. The summed E-state index contributed by atoms with van der Waals surface area (Å²) in [6, 6.07) is 6.89. The number of hydrogen-bond donors (Lipinski definition) is 1. The second-order valence-corrected chi connectivity index (χ2v) is 6.54. The molecule has 5 heteroatoms. The van der Waals surface area contributed by atoms with Gasteiger partial charge in [0, 0.05) is 5.56 Å². The molecule has 1 atom stereocenters. The first-order valence-electron chi connectivity index (χ1n) is 8.23. The first kappa shape index (κ1) is 16.0. The highest BCUT2D eigenvalue weighted by atomic mass is 16.5. The van der Waals surface area contributed by atoms with Crippen molar-refractivity contribution in [3.63, 3.8) is 0 Å². The average molecular weight is 317 g/mol. The van der Waals surface area contributed by atoms with E-state index >= 15 is 0 Å². The van der Waals surface area contributed by atoms with Crippen LogP contribution in [0.5, 0.6) is 5.75 Å². The number of ether oxygens (including phenoxy) is 2. The normalized spacial score (nSPS) is 22.2. The zero-order valence-corrected chi connectivity index (χ0v) is 13.5. The minimum absolute atomic E-state index is 0.0105. The fourth-order valence-electron chi connectivity index (χ4n) is 3.51. The fourth-order valence-corrected chi connectivity index (χ4v) is 3.51. The summed E-state index contributed by atoms with van der Waals surface area (Å²) in [6.07, 6.45) is 5.57. The highest BCUT2D eigenvalue weighted by molar-refractivity contribution is 5.94. The summed E-state index contributed by atoms with van der Waals surface area (Å²) in [7, 11) is 0. The summed E-state index contributed by atoms with van der Waals surface area (Å²) in [6.45, 7) is 2.09. The van der Waals surface area contributed by atoms with Crippen molar-refractivity contribution in [1.82, 2.24) is 5.32 Å². The van der Waals surface area contributed by atoms with E-state index in [-0.39, 0.29) is 29.9 Å². The third-order valence-electron chi connectivity index (χ3n) is 4.72. The van der Waals surface area contributed by atoms with Crippen LogP contribution < -0.4 is 10.1 Å². The zero-order chi connectivity index (χ0) is 16.3. The van der Waals surface area contributed by atoms with E-state index in [2.05, 4.69) is 5.32 Å². The van der Waals surface area contributed by atoms with Crippen LogP contribution >= 0.6 is 0 Å². The third kappa shape index (κ3) is 3.91. The molecule has 1 amide bonds. The smallest absolute Gasteiger partial charge is 0.258 e. The molecule has 0 aromatic heterocycles. The first-order valence-corrected chi connectivity index (χ1v) is 8.23. The van der Waals surface area contributed by atoms with Gasteiger partial charge in [0.1, 0.15) is 5.75 Å². The standard InChI is InChI=1S/C18H23NO4/c1-13(20)14-4-6-16(7-5-14)22-12-17(21)19-15-10-18(23-11-15)8-2-3-9-18/h4-7,15H,2-3,8-12H2,1H3,(H,19,21)/t15-/m0/s1. The second-order valence-electron chi connectivity index (χ2n) is 6.54. The van der Waals surface area contributed by atoms with Gasteiger partial charge in [-0.25, -0.2) is 0 Å². The Balaban J connectivity index is 1.44. The topological polar surface area (TPSA) is 64.6 Å². The highest BCUT2D eigenvalue weighted by Gasteiger charge is 2.42. The van der Waals surface area contributed by atoms with Crippen molar-refractivity contribution in [1.29, 1.82) is 0 Å². The van der Waals surface area contributed by atoms with Gasteiger partial charge in [0.15, 0.2) is 12.4 Å². The molecule has 1 saturated carbocycles. The molecule has 1 aliphatic carbocycles. The molecule has 0 unspecified atom stereocenters. The van der Waals surface area contributed by atoms with E-state index in [9.17, 15) is 9.59 Å². The Morgan fingerprint density at radius 2 is 1.96 bits per heavy atom. The zero-order valence-electron chi connectivity index (χ0n) is 13.5. The highest BCUT2D eigenvalue weighted by Crippen LogP contribution is 2.40. The van der Waals surface area contributed by atoms with Gasteiger partial charge >= 0.3 is 0 Å². The predicted octanol–water partition coefficient (Wildman–Crippen LogP) is 2.49. The molecule has 1 aromatic rings. The van der Waals surface area contributed by atoms with Crippen molar-refractivity contribution in [2.75, 3.05) is 13.2 Å². The van der Waals surface area contributed by atoms with Gasteiger partial charge in [-0.1, -0.05) is 12.8 Å². The van der Waals surface area contributed by atoms with Crippen LogP contribution in [0.25, 0.3) is 0 Å². The summed E-state index contributed by atoms with van der Waals surface area (Å²) in [5.41, 5.74) is 0.646. The van der Waals surface area contributed by atoms with E-state index in [0.29, 0.717) is 17.9 Å². The van der Waals surface area contributed by atoms with Gasteiger partial charge in [-0.3, -0.25) is 9.59 Å². The Morgan fingerprint density at radius 3 is 2.61 bits per heavy atom. The van der Waals surface area contributed by atoms with Crippen LogP contribution in [0.2, 0.25) is 0 Å². The lowest BCUT2D eigenvalue weighted by atomic mass is 9.96. The molecule has 2 aliphatic rings. The van der Waals surface area contributed by atoms with Crippen LogP contribution in [-0.4, -0.2) is 36.5 Å². The number of hydrogen-bond acceptors (Lipinski definition) is 4. The third-order valence-corrected chi connectivity index (χ3v) is 4.72. The second kappa shape index (κ2) is 6.71. The van der Waals surface area contributed by atoms with E-state index in [4.69, 9.17) is 9.47 Å². The molecule has 1 aromatic carbocycles. The molecular weight excluding hydrogens is 294 g/mol. The maximum Gasteiger partial charge on any atom is 0.258 e. The quantitative estimate of drug-likeness (QED) is 0.847. The van der Waals surface area contributed by atoms with Crippen LogP contribution in [0.4, 0.5) is 0 Å². The lowest BCUT2D eigenvalue weighted by Crippen LogP contribution is -2.39. The predicted molar refractivity (Wildman–Crippen MR) is 85.6 cm³/mol. The summed E-state index contributed by atoms with van der Waals surface area (Å²) in [5, 5.41) is 2.99. The van der Waals surface area contributed by atoms with Gasteiger partial charge in [0.2, 0.25) is 0 Å². The van der Waals surface area contributed by atoms with Crippen molar-refractivity contribution in [3.05, 3.63) is 29.8 Å². The number of rotatable bonds is 5. The van der Waals surface area contributed by atoms with E-state index in [1.165, 1.54) is 19.8 Å². The average Bonchev–Trinajstić information content (AvgIpc) is 3.16. The minimum atomic E-state index is -0.135. The van der Waals surface area contributed by atoms with Crippen molar-refractivity contribution in [3.8, 4) is 5.75 Å². The largest absolute Gasteiger partial charge is 0.484 e. The Kier molecular flexibility index (Phi) is 4.66. The maximum absolute atomic E-state index is 12.0. The number of carbonyl (C=O) groups is 2. The van der Waals surface area contributed by atoms with E-state index < -0.39 is 0 Å². The van der Waals surface area contributed by atoms with Crippen LogP contribution in [0.15, 0.2) is 24.3 Å². The SMILES string of the molecule is CC(=O)c1ccc(OCC(=O)N[C@@H]2COC3(CCCC3)C2)cc1. The van der Waals surface area contributed by atoms with Gasteiger partial charge in [-0.05, 0) is 50.5 Å². The van der Waals surface area contributed by atoms with Crippen molar-refractivity contribution >= 4 is 11.7 Å². The van der Waals surface area contributed by atoms with Gasteiger partial charge in [-0.15, -0.1) is 0 Å². The molecule has 1 heterocycles. The van der Waals surface area contributed by atoms with Crippen molar-refractivity contribution < 1.29 is 19.1 Å². The van der Waals surface area contributed by atoms with E-state index in [1.54, 1.807) is 24.3 Å². The molecule has 23 heavy (non-hydrogen) atoms. The van der Waals surface area contributed by atoms with Crippen LogP contribution in [-0.2, 0) is 9.53 Å². The van der Waals surface area contributed by atoms with E-state index in [1.807, 2.05) is 0 Å². The van der Waals surface area contributed by atoms with Gasteiger partial charge in [-0.2, -0.15) is 0 Å². The molecular formula is C18H23NO4. The first-order chi connectivity index (χ1) is 11.1. The van der Waals surface area contributed by atoms with Gasteiger partial charge < -0.3 is 14.8 Å². The lowest BCUT2D eigenvalue weighted by Gasteiger charge is -2.21. The Bertz CT molecular complexity index is 575. The molecule has 124 valence electrons. The summed E-state index contributed by atoms with van der Waals surface area (Å²) < 4.78 is 11.4. The Morgan fingerprint density at radius 1 is 1.26 bits per heavy atom. The molecule has 5 nitrogen and oxygen atoms in total. The molecule has 1 saturated heterocycles. The number of Topliss-reactive ketones (excluding diaryl/α,β-unsaturated/α-hetero) is 1. The van der Waals surface area contributed by atoms with Crippen molar-refractivity contribution in [2.24, 2.45) is 0 Å². The summed E-state index contributed by atoms with van der Waals surface area (Å²) in [4.78, 5) is 23.2.